The van der Waals surface area contributed by atoms with Crippen molar-refractivity contribution in [2.75, 3.05) is 6.61 Å². The quantitative estimate of drug-likeness (QED) is 0.372. The summed E-state index contributed by atoms with van der Waals surface area (Å²) in [5, 5.41) is 4.09. The lowest BCUT2D eigenvalue weighted by Crippen LogP contribution is -2.16. The van der Waals surface area contributed by atoms with Crippen molar-refractivity contribution in [2.45, 2.75) is 38.8 Å². The highest BCUT2D eigenvalue weighted by Gasteiger charge is 2.38. The Balaban J connectivity index is 1.80. The molecule has 0 saturated carbocycles. The van der Waals surface area contributed by atoms with Gasteiger partial charge in [0.1, 0.15) is 5.69 Å². The summed E-state index contributed by atoms with van der Waals surface area (Å²) in [6.07, 6.45) is -0.699. The first kappa shape index (κ1) is 23.0. The van der Waals surface area contributed by atoms with Crippen LogP contribution in [0.2, 0.25) is 5.02 Å². The molecule has 172 valence electrons. The fourth-order valence-electron chi connectivity index (χ4n) is 3.93. The number of hydrogen-bond donors (Lipinski definition) is 0. The first-order valence-electron chi connectivity index (χ1n) is 10.4. The Hall–Kier alpha value is -3.20. The standard InChI is InChI=1S/C23H19ClF3N3O3/c1-2-33-22(32)13-10-11-18(28-12-13)30-17-9-4-3-6-14(17)20(29-30)21(31)19-15(23(25,26)27)7-5-8-16(19)24/h5,7-8,10-12H,2-4,6,9H2,1H3. The molecule has 33 heavy (non-hydrogen) atoms. The number of aromatic nitrogens is 3. The Morgan fingerprint density at radius 1 is 1.15 bits per heavy atom. The number of esters is 1. The highest BCUT2D eigenvalue weighted by atomic mass is 35.5. The molecule has 10 heteroatoms. The fraction of sp³-hybridized carbons (Fsp3) is 0.304. The van der Waals surface area contributed by atoms with Crippen molar-refractivity contribution in [3.63, 3.8) is 0 Å². The predicted molar refractivity (Wildman–Crippen MR) is 114 cm³/mol. The van der Waals surface area contributed by atoms with Gasteiger partial charge < -0.3 is 4.74 Å². The van der Waals surface area contributed by atoms with E-state index in [4.69, 9.17) is 16.3 Å². The van der Waals surface area contributed by atoms with Crippen LogP contribution < -0.4 is 0 Å². The molecule has 0 bridgehead atoms. The van der Waals surface area contributed by atoms with Gasteiger partial charge in [0, 0.05) is 17.5 Å². The summed E-state index contributed by atoms with van der Waals surface area (Å²) < 4.78 is 47.2. The summed E-state index contributed by atoms with van der Waals surface area (Å²) in [5.41, 5.74) is -0.230. The van der Waals surface area contributed by atoms with E-state index < -0.39 is 29.1 Å². The first-order chi connectivity index (χ1) is 15.7. The Kier molecular flexibility index (Phi) is 6.25. The fourth-order valence-corrected chi connectivity index (χ4v) is 4.19. The number of alkyl halides is 3. The van der Waals surface area contributed by atoms with Gasteiger partial charge in [0.2, 0.25) is 5.78 Å². The second-order valence-electron chi connectivity index (χ2n) is 7.51. The molecule has 1 aliphatic carbocycles. The van der Waals surface area contributed by atoms with Crippen molar-refractivity contribution in [1.82, 2.24) is 14.8 Å². The highest BCUT2D eigenvalue weighted by Crippen LogP contribution is 2.37. The van der Waals surface area contributed by atoms with E-state index in [1.807, 2.05) is 0 Å². The van der Waals surface area contributed by atoms with Crippen molar-refractivity contribution in [3.05, 3.63) is 75.2 Å². The lowest BCUT2D eigenvalue weighted by atomic mass is 9.92. The molecule has 2 aromatic heterocycles. The van der Waals surface area contributed by atoms with Crippen molar-refractivity contribution < 1.29 is 27.5 Å². The third-order valence-corrected chi connectivity index (χ3v) is 5.73. The van der Waals surface area contributed by atoms with Gasteiger partial charge in [-0.1, -0.05) is 17.7 Å². The van der Waals surface area contributed by atoms with Crippen LogP contribution in [0.3, 0.4) is 0 Å². The Morgan fingerprint density at radius 2 is 1.91 bits per heavy atom. The molecule has 0 radical (unpaired) electrons. The second kappa shape index (κ2) is 8.97. The molecule has 2 heterocycles. The van der Waals surface area contributed by atoms with Crippen LogP contribution in [0.1, 0.15) is 63.0 Å². The number of hydrogen-bond acceptors (Lipinski definition) is 5. The zero-order chi connectivity index (χ0) is 23.8. The van der Waals surface area contributed by atoms with Gasteiger partial charge in [0.25, 0.3) is 0 Å². The number of carbonyl (C=O) groups excluding carboxylic acids is 2. The molecule has 0 saturated heterocycles. The van der Waals surface area contributed by atoms with E-state index in [1.54, 1.807) is 13.0 Å². The molecule has 0 N–H and O–H groups in total. The largest absolute Gasteiger partial charge is 0.462 e. The first-order valence-corrected chi connectivity index (χ1v) is 10.7. The SMILES string of the molecule is CCOC(=O)c1ccc(-n2nc(C(=O)c3c(Cl)cccc3C(F)(F)F)c3c2CCCC3)nc1. The minimum Gasteiger partial charge on any atom is -0.462 e. The van der Waals surface area contributed by atoms with Crippen LogP contribution in [-0.2, 0) is 23.8 Å². The van der Waals surface area contributed by atoms with Gasteiger partial charge in [-0.25, -0.2) is 14.5 Å². The molecule has 0 unspecified atom stereocenters. The highest BCUT2D eigenvalue weighted by molar-refractivity contribution is 6.35. The summed E-state index contributed by atoms with van der Waals surface area (Å²) in [6.45, 7) is 1.91. The third kappa shape index (κ3) is 4.37. The predicted octanol–water partition coefficient (Wildman–Crippen LogP) is 5.23. The number of ketones is 1. The number of halogens is 4. The smallest absolute Gasteiger partial charge is 0.417 e. The number of pyridine rings is 1. The molecular weight excluding hydrogens is 459 g/mol. The molecule has 0 spiro atoms. The average Bonchev–Trinajstić information content (AvgIpc) is 3.18. The normalized spacial score (nSPS) is 13.5. The second-order valence-corrected chi connectivity index (χ2v) is 7.91. The topological polar surface area (TPSA) is 74.1 Å². The Morgan fingerprint density at radius 3 is 2.58 bits per heavy atom. The van der Waals surface area contributed by atoms with Gasteiger partial charge in [-0.05, 0) is 56.9 Å². The summed E-state index contributed by atoms with van der Waals surface area (Å²) in [7, 11) is 0. The van der Waals surface area contributed by atoms with Crippen LogP contribution in [0.25, 0.3) is 5.82 Å². The van der Waals surface area contributed by atoms with Gasteiger partial charge in [-0.2, -0.15) is 18.3 Å². The van der Waals surface area contributed by atoms with Crippen molar-refractivity contribution in [2.24, 2.45) is 0 Å². The number of rotatable bonds is 5. The lowest BCUT2D eigenvalue weighted by Gasteiger charge is -2.15. The van der Waals surface area contributed by atoms with Crippen molar-refractivity contribution in [3.8, 4) is 5.82 Å². The van der Waals surface area contributed by atoms with E-state index in [9.17, 15) is 22.8 Å². The van der Waals surface area contributed by atoms with Gasteiger partial charge in [0.15, 0.2) is 5.82 Å². The van der Waals surface area contributed by atoms with E-state index >= 15 is 0 Å². The van der Waals surface area contributed by atoms with Crippen LogP contribution in [0.4, 0.5) is 13.2 Å². The maximum Gasteiger partial charge on any atom is 0.417 e. The minimum atomic E-state index is -4.75. The zero-order valence-electron chi connectivity index (χ0n) is 17.6. The summed E-state index contributed by atoms with van der Waals surface area (Å²) in [4.78, 5) is 29.5. The van der Waals surface area contributed by atoms with Gasteiger partial charge >= 0.3 is 12.1 Å². The summed E-state index contributed by atoms with van der Waals surface area (Å²) >= 11 is 6.05. The molecule has 0 aliphatic heterocycles. The number of fused-ring (bicyclic) bond motifs is 1. The molecular formula is C23H19ClF3N3O3. The average molecular weight is 478 g/mol. The number of benzene rings is 1. The maximum absolute atomic E-state index is 13.6. The van der Waals surface area contributed by atoms with Crippen LogP contribution in [0.5, 0.6) is 0 Å². The van der Waals surface area contributed by atoms with Gasteiger partial charge in [-0.15, -0.1) is 0 Å². The van der Waals surface area contributed by atoms with Crippen LogP contribution in [-0.4, -0.2) is 33.1 Å². The summed E-state index contributed by atoms with van der Waals surface area (Å²) in [6, 6.07) is 6.32. The Bertz CT molecular complexity index is 1220. The molecule has 0 fully saturated rings. The molecule has 6 nitrogen and oxygen atoms in total. The molecule has 4 rings (SSSR count). The van der Waals surface area contributed by atoms with E-state index in [1.165, 1.54) is 23.0 Å². The molecule has 0 atom stereocenters. The van der Waals surface area contributed by atoms with Gasteiger partial charge in [0.05, 0.1) is 28.3 Å². The molecule has 1 aliphatic rings. The van der Waals surface area contributed by atoms with E-state index in [0.717, 1.165) is 25.0 Å². The molecule has 3 aromatic rings. The monoisotopic (exact) mass is 477 g/mol. The molecule has 1 aromatic carbocycles. The van der Waals surface area contributed by atoms with Crippen LogP contribution in [0.15, 0.2) is 36.5 Å². The van der Waals surface area contributed by atoms with E-state index in [0.29, 0.717) is 29.9 Å². The van der Waals surface area contributed by atoms with Gasteiger partial charge in [-0.3, -0.25) is 4.79 Å². The minimum absolute atomic E-state index is 0.0698. The number of ether oxygens (including phenoxy) is 1. The number of carbonyl (C=O) groups is 2. The van der Waals surface area contributed by atoms with Crippen LogP contribution in [0, 0.1) is 0 Å². The van der Waals surface area contributed by atoms with Crippen molar-refractivity contribution >= 4 is 23.4 Å². The maximum atomic E-state index is 13.6. The van der Waals surface area contributed by atoms with E-state index in [2.05, 4.69) is 10.1 Å². The Labute approximate surface area is 192 Å². The summed E-state index contributed by atoms with van der Waals surface area (Å²) in [5.74, 6) is -1.06. The lowest BCUT2D eigenvalue weighted by molar-refractivity contribution is -0.137. The molecule has 0 amide bonds. The van der Waals surface area contributed by atoms with E-state index in [-0.39, 0.29) is 22.9 Å². The van der Waals surface area contributed by atoms with Crippen LogP contribution >= 0.6 is 11.6 Å². The third-order valence-electron chi connectivity index (χ3n) is 5.42. The zero-order valence-corrected chi connectivity index (χ0v) is 18.3. The number of nitrogens with zero attached hydrogens (tertiary/aromatic N) is 3. The van der Waals surface area contributed by atoms with Crippen molar-refractivity contribution in [1.29, 1.82) is 0 Å².